The highest BCUT2D eigenvalue weighted by atomic mass is 32.2. The van der Waals surface area contributed by atoms with Crippen LogP contribution in [0.25, 0.3) is 0 Å². The molecule has 1 amide bonds. The van der Waals surface area contributed by atoms with Crippen LogP contribution in [0.3, 0.4) is 0 Å². The molecular weight excluding hydrogens is 378 g/mol. The maximum Gasteiger partial charge on any atom is 0.288 e. The van der Waals surface area contributed by atoms with Crippen LogP contribution in [-0.4, -0.2) is 33.3 Å². The van der Waals surface area contributed by atoms with Gasteiger partial charge in [0.15, 0.2) is 5.17 Å². The summed E-state index contributed by atoms with van der Waals surface area (Å²) in [6, 6.07) is 12.2. The van der Waals surface area contributed by atoms with Crippen LogP contribution in [0.4, 0.5) is 8.78 Å². The van der Waals surface area contributed by atoms with Crippen molar-refractivity contribution in [1.29, 1.82) is 0 Å². The number of rotatable bonds is 6. The number of benzene rings is 1. The molecule has 1 aromatic heterocycles. The summed E-state index contributed by atoms with van der Waals surface area (Å²) >= 11 is 1.79. The van der Waals surface area contributed by atoms with Gasteiger partial charge in [-0.1, -0.05) is 41.7 Å². The molecule has 0 spiro atoms. The number of carbonyl (C=O) groups excluding carboxylic acids is 1. The molecule has 3 rings (SSSR count). The fourth-order valence-corrected chi connectivity index (χ4v) is 3.66. The second-order valence-electron chi connectivity index (χ2n) is 5.23. The largest absolute Gasteiger partial charge is 0.303 e. The molecule has 1 aromatic carbocycles. The van der Waals surface area contributed by atoms with Gasteiger partial charge in [-0.15, -0.1) is 5.10 Å². The van der Waals surface area contributed by atoms with E-state index in [1.54, 1.807) is 42.6 Å². The van der Waals surface area contributed by atoms with Crippen molar-refractivity contribution in [2.24, 2.45) is 10.2 Å². The smallest absolute Gasteiger partial charge is 0.288 e. The molecular formula is C17H14F2N4OS2. The number of alkyl halides is 2. The first kappa shape index (κ1) is 18.5. The number of thioether (sulfide) groups is 2. The highest BCUT2D eigenvalue weighted by Gasteiger charge is 2.30. The molecule has 0 saturated carbocycles. The zero-order valence-corrected chi connectivity index (χ0v) is 15.0. The van der Waals surface area contributed by atoms with E-state index >= 15 is 0 Å². The van der Waals surface area contributed by atoms with E-state index in [0.717, 1.165) is 5.56 Å². The van der Waals surface area contributed by atoms with Gasteiger partial charge >= 0.3 is 0 Å². The summed E-state index contributed by atoms with van der Waals surface area (Å²) in [7, 11) is 0. The third kappa shape index (κ3) is 5.37. The zero-order valence-electron chi connectivity index (χ0n) is 13.4. The first-order valence-electron chi connectivity index (χ1n) is 7.63. The van der Waals surface area contributed by atoms with Gasteiger partial charge < -0.3 is 5.32 Å². The van der Waals surface area contributed by atoms with Crippen molar-refractivity contribution in [3.8, 4) is 0 Å². The first-order valence-corrected chi connectivity index (χ1v) is 9.39. The van der Waals surface area contributed by atoms with Crippen molar-refractivity contribution >= 4 is 40.8 Å². The van der Waals surface area contributed by atoms with E-state index in [4.69, 9.17) is 0 Å². The van der Waals surface area contributed by atoms with Crippen LogP contribution in [0.2, 0.25) is 0 Å². The minimum atomic E-state index is -2.44. The van der Waals surface area contributed by atoms with Crippen molar-refractivity contribution in [1.82, 2.24) is 10.3 Å². The summed E-state index contributed by atoms with van der Waals surface area (Å²) in [5, 5.41) is 10.7. The van der Waals surface area contributed by atoms with Crippen LogP contribution < -0.4 is 5.32 Å². The van der Waals surface area contributed by atoms with E-state index in [9.17, 15) is 13.6 Å². The van der Waals surface area contributed by atoms with Crippen molar-refractivity contribution < 1.29 is 13.6 Å². The fraction of sp³-hybridized carbons (Fsp3) is 0.176. The fourth-order valence-electron chi connectivity index (χ4n) is 2.20. The van der Waals surface area contributed by atoms with E-state index in [1.165, 1.54) is 18.0 Å². The number of hydrogen-bond donors (Lipinski definition) is 1. The lowest BCUT2D eigenvalue weighted by atomic mass is 10.1. The Labute approximate surface area is 157 Å². The highest BCUT2D eigenvalue weighted by molar-refractivity contribution is 8.15. The van der Waals surface area contributed by atoms with Gasteiger partial charge in [-0.05, 0) is 36.2 Å². The molecule has 0 aliphatic carbocycles. The third-order valence-electron chi connectivity index (χ3n) is 3.37. The monoisotopic (exact) mass is 392 g/mol. The molecule has 1 fully saturated rings. The Morgan fingerprint density at radius 2 is 2.08 bits per heavy atom. The SMILES string of the molecule is O=C1N/C(=N\N=C/c2ccccn2)S[C@@H]1Cc1ccc(SC(F)F)cc1. The number of carbonyl (C=O) groups is 1. The molecule has 1 N–H and O–H groups in total. The summed E-state index contributed by atoms with van der Waals surface area (Å²) < 4.78 is 24.7. The second kappa shape index (κ2) is 8.91. The maximum absolute atomic E-state index is 12.3. The minimum Gasteiger partial charge on any atom is -0.303 e. The van der Waals surface area contributed by atoms with Crippen molar-refractivity contribution in [2.75, 3.05) is 0 Å². The number of amidine groups is 1. The van der Waals surface area contributed by atoms with E-state index in [2.05, 4.69) is 20.5 Å². The van der Waals surface area contributed by atoms with E-state index < -0.39 is 5.76 Å². The number of halogens is 2. The molecule has 1 aliphatic heterocycles. The quantitative estimate of drug-likeness (QED) is 0.464. The van der Waals surface area contributed by atoms with Gasteiger partial charge in [0.25, 0.3) is 5.76 Å². The lowest BCUT2D eigenvalue weighted by molar-refractivity contribution is -0.118. The van der Waals surface area contributed by atoms with Crippen LogP contribution in [0.5, 0.6) is 0 Å². The molecule has 134 valence electrons. The van der Waals surface area contributed by atoms with Crippen molar-refractivity contribution in [3.05, 3.63) is 59.9 Å². The average molecular weight is 392 g/mol. The predicted molar refractivity (Wildman–Crippen MR) is 101 cm³/mol. The van der Waals surface area contributed by atoms with E-state index in [1.807, 2.05) is 6.07 Å². The Morgan fingerprint density at radius 1 is 1.27 bits per heavy atom. The number of hydrogen-bond acceptors (Lipinski definition) is 6. The zero-order chi connectivity index (χ0) is 18.4. The van der Waals surface area contributed by atoms with Crippen molar-refractivity contribution in [2.45, 2.75) is 22.3 Å². The molecule has 26 heavy (non-hydrogen) atoms. The maximum atomic E-state index is 12.3. The Kier molecular flexibility index (Phi) is 6.35. The Balaban J connectivity index is 1.57. The molecule has 0 unspecified atom stereocenters. The molecule has 5 nitrogen and oxygen atoms in total. The van der Waals surface area contributed by atoms with Crippen LogP contribution >= 0.6 is 23.5 Å². The second-order valence-corrected chi connectivity index (χ2v) is 7.48. The van der Waals surface area contributed by atoms with Gasteiger partial charge in [-0.3, -0.25) is 9.78 Å². The predicted octanol–water partition coefficient (Wildman–Crippen LogP) is 3.56. The normalized spacial score (nSPS) is 18.8. The average Bonchev–Trinajstić information content (AvgIpc) is 2.97. The van der Waals surface area contributed by atoms with Crippen LogP contribution in [-0.2, 0) is 11.2 Å². The topological polar surface area (TPSA) is 66.7 Å². The first-order chi connectivity index (χ1) is 12.6. The van der Waals surface area contributed by atoms with Gasteiger partial charge in [0, 0.05) is 11.1 Å². The summed E-state index contributed by atoms with van der Waals surface area (Å²) in [5.74, 6) is -2.59. The lowest BCUT2D eigenvalue weighted by Gasteiger charge is -2.06. The molecule has 2 heterocycles. The summed E-state index contributed by atoms with van der Waals surface area (Å²) in [6.07, 6.45) is 3.65. The molecule has 1 aliphatic rings. The number of aromatic nitrogens is 1. The van der Waals surface area contributed by atoms with Crippen LogP contribution in [0.15, 0.2) is 63.8 Å². The number of amides is 1. The standard InChI is InChI=1S/C17H14F2N4OS2/c18-16(19)25-13-6-4-11(5-7-13)9-14-15(24)22-17(26-14)23-21-10-12-3-1-2-8-20-12/h1-8,10,14,16H,9H2,(H,22,23,24)/b21-10-/t14-/m1/s1. The van der Waals surface area contributed by atoms with Gasteiger partial charge in [0.1, 0.15) is 0 Å². The van der Waals surface area contributed by atoms with E-state index in [0.29, 0.717) is 33.9 Å². The minimum absolute atomic E-state index is 0.146. The summed E-state index contributed by atoms with van der Waals surface area (Å²) in [5.41, 5.74) is 1.57. The van der Waals surface area contributed by atoms with Crippen molar-refractivity contribution in [3.63, 3.8) is 0 Å². The third-order valence-corrected chi connectivity index (χ3v) is 5.17. The molecule has 1 saturated heterocycles. The molecule has 0 bridgehead atoms. The van der Waals surface area contributed by atoms with Gasteiger partial charge in [-0.25, -0.2) is 0 Å². The Morgan fingerprint density at radius 3 is 2.77 bits per heavy atom. The van der Waals surface area contributed by atoms with Crippen LogP contribution in [0, 0.1) is 0 Å². The lowest BCUT2D eigenvalue weighted by Crippen LogP contribution is -2.25. The molecule has 9 heteroatoms. The summed E-state index contributed by atoms with van der Waals surface area (Å²) in [4.78, 5) is 16.6. The van der Waals surface area contributed by atoms with Gasteiger partial charge in [-0.2, -0.15) is 13.9 Å². The molecule has 1 atom stereocenters. The Bertz CT molecular complexity index is 813. The molecule has 2 aromatic rings. The number of nitrogens with one attached hydrogen (secondary N) is 1. The van der Waals surface area contributed by atoms with Gasteiger partial charge in [0.05, 0.1) is 17.2 Å². The number of pyridine rings is 1. The number of nitrogens with zero attached hydrogens (tertiary/aromatic N) is 3. The Hall–Kier alpha value is -2.26. The summed E-state index contributed by atoms with van der Waals surface area (Å²) in [6.45, 7) is 0. The van der Waals surface area contributed by atoms with E-state index in [-0.39, 0.29) is 11.2 Å². The highest BCUT2D eigenvalue weighted by Crippen LogP contribution is 2.27. The van der Waals surface area contributed by atoms with Crippen LogP contribution in [0.1, 0.15) is 11.3 Å². The van der Waals surface area contributed by atoms with Gasteiger partial charge in [0.2, 0.25) is 5.91 Å². The molecule has 0 radical (unpaired) electrons.